The lowest BCUT2D eigenvalue weighted by atomic mass is 10.0. The SMILES string of the molecule is COc1cccc(CC(=O)c2c[nH]c3cc(Cl)ccc23)c1. The maximum atomic E-state index is 12.5. The Balaban J connectivity index is 1.90. The predicted molar refractivity (Wildman–Crippen MR) is 84.3 cm³/mol. The van der Waals surface area contributed by atoms with Crippen molar-refractivity contribution >= 4 is 28.3 Å². The third-order valence-electron chi connectivity index (χ3n) is 3.44. The second-order valence-electron chi connectivity index (χ2n) is 4.84. The summed E-state index contributed by atoms with van der Waals surface area (Å²) in [5, 5.41) is 1.54. The van der Waals surface area contributed by atoms with Gasteiger partial charge in [-0.1, -0.05) is 29.8 Å². The number of benzene rings is 2. The molecule has 0 amide bonds. The zero-order chi connectivity index (χ0) is 14.8. The minimum atomic E-state index is 0.0665. The molecule has 0 aliphatic heterocycles. The summed E-state index contributed by atoms with van der Waals surface area (Å²) in [6, 6.07) is 13.0. The molecule has 0 atom stereocenters. The number of carbonyl (C=O) groups is 1. The molecule has 0 radical (unpaired) electrons. The molecule has 0 saturated carbocycles. The van der Waals surface area contributed by atoms with Crippen LogP contribution in [-0.4, -0.2) is 17.9 Å². The second kappa shape index (κ2) is 5.62. The van der Waals surface area contributed by atoms with Crippen molar-refractivity contribution in [3.8, 4) is 5.75 Å². The molecular formula is C17H14ClNO2. The summed E-state index contributed by atoms with van der Waals surface area (Å²) in [6.45, 7) is 0. The van der Waals surface area contributed by atoms with Crippen molar-refractivity contribution in [3.63, 3.8) is 0 Å². The fourth-order valence-corrected chi connectivity index (χ4v) is 2.56. The zero-order valence-electron chi connectivity index (χ0n) is 11.5. The van der Waals surface area contributed by atoms with Gasteiger partial charge in [0.25, 0.3) is 0 Å². The standard InChI is InChI=1S/C17H14ClNO2/c1-21-13-4-2-3-11(7-13)8-17(20)15-10-19-16-9-12(18)5-6-14(15)16/h2-7,9-10,19H,8H2,1H3. The molecule has 3 rings (SSSR count). The van der Waals surface area contributed by atoms with Gasteiger partial charge in [0.05, 0.1) is 7.11 Å². The van der Waals surface area contributed by atoms with Crippen LogP contribution in [0.15, 0.2) is 48.7 Å². The summed E-state index contributed by atoms with van der Waals surface area (Å²) in [5.41, 5.74) is 2.49. The Morgan fingerprint density at radius 1 is 1.24 bits per heavy atom. The molecule has 0 spiro atoms. The number of methoxy groups -OCH3 is 1. The van der Waals surface area contributed by atoms with Gasteiger partial charge in [-0.2, -0.15) is 0 Å². The number of fused-ring (bicyclic) bond motifs is 1. The molecule has 1 heterocycles. The number of hydrogen-bond donors (Lipinski definition) is 1. The van der Waals surface area contributed by atoms with Crippen LogP contribution in [0.1, 0.15) is 15.9 Å². The van der Waals surface area contributed by atoms with E-state index in [0.717, 1.165) is 22.2 Å². The number of ether oxygens (including phenoxy) is 1. The number of nitrogens with one attached hydrogen (secondary N) is 1. The monoisotopic (exact) mass is 299 g/mol. The van der Waals surface area contributed by atoms with Crippen LogP contribution < -0.4 is 4.74 Å². The number of H-pyrrole nitrogens is 1. The van der Waals surface area contributed by atoms with E-state index in [2.05, 4.69) is 4.98 Å². The van der Waals surface area contributed by atoms with E-state index < -0.39 is 0 Å². The third-order valence-corrected chi connectivity index (χ3v) is 3.68. The third kappa shape index (κ3) is 2.78. The van der Waals surface area contributed by atoms with Crippen LogP contribution in [-0.2, 0) is 6.42 Å². The Morgan fingerprint density at radius 3 is 2.90 bits per heavy atom. The van der Waals surface area contributed by atoms with Crippen LogP contribution in [0.4, 0.5) is 0 Å². The molecule has 0 unspecified atom stereocenters. The number of ketones is 1. The topological polar surface area (TPSA) is 42.1 Å². The maximum Gasteiger partial charge on any atom is 0.169 e. The summed E-state index contributed by atoms with van der Waals surface area (Å²) in [7, 11) is 1.62. The van der Waals surface area contributed by atoms with Crippen LogP contribution in [0.5, 0.6) is 5.75 Å². The van der Waals surface area contributed by atoms with E-state index in [1.165, 1.54) is 0 Å². The van der Waals surface area contributed by atoms with Crippen molar-refractivity contribution < 1.29 is 9.53 Å². The van der Waals surface area contributed by atoms with Gasteiger partial charge < -0.3 is 9.72 Å². The van der Waals surface area contributed by atoms with Crippen molar-refractivity contribution in [1.29, 1.82) is 0 Å². The Morgan fingerprint density at radius 2 is 2.10 bits per heavy atom. The Bertz CT molecular complexity index is 807. The molecule has 0 aliphatic carbocycles. The first-order chi connectivity index (χ1) is 10.2. The molecule has 2 aromatic carbocycles. The molecule has 0 bridgehead atoms. The van der Waals surface area contributed by atoms with E-state index in [9.17, 15) is 4.79 Å². The highest BCUT2D eigenvalue weighted by atomic mass is 35.5. The van der Waals surface area contributed by atoms with Crippen LogP contribution in [0.2, 0.25) is 5.02 Å². The molecule has 0 saturated heterocycles. The lowest BCUT2D eigenvalue weighted by Gasteiger charge is -2.04. The van der Waals surface area contributed by atoms with Gasteiger partial charge in [-0.05, 0) is 29.8 Å². The number of aromatic amines is 1. The minimum absolute atomic E-state index is 0.0665. The Kier molecular flexibility index (Phi) is 3.67. The Hall–Kier alpha value is -2.26. The molecule has 3 aromatic rings. The van der Waals surface area contributed by atoms with E-state index in [4.69, 9.17) is 16.3 Å². The van der Waals surface area contributed by atoms with Crippen molar-refractivity contribution in [3.05, 3.63) is 64.8 Å². The number of Topliss-reactive ketones (excluding diaryl/α,β-unsaturated/α-hetero) is 1. The number of halogens is 1. The molecule has 1 aromatic heterocycles. The van der Waals surface area contributed by atoms with Crippen molar-refractivity contribution in [2.24, 2.45) is 0 Å². The molecule has 21 heavy (non-hydrogen) atoms. The highest BCUT2D eigenvalue weighted by molar-refractivity contribution is 6.31. The van der Waals surface area contributed by atoms with Crippen molar-refractivity contribution in [1.82, 2.24) is 4.98 Å². The molecule has 4 heteroatoms. The van der Waals surface area contributed by atoms with Crippen LogP contribution in [0.3, 0.4) is 0 Å². The van der Waals surface area contributed by atoms with Crippen LogP contribution in [0.25, 0.3) is 10.9 Å². The summed E-state index contributed by atoms with van der Waals surface area (Å²) in [4.78, 5) is 15.6. The summed E-state index contributed by atoms with van der Waals surface area (Å²) in [5.74, 6) is 0.822. The van der Waals surface area contributed by atoms with Crippen LogP contribution >= 0.6 is 11.6 Å². The Labute approximate surface area is 127 Å². The minimum Gasteiger partial charge on any atom is -0.497 e. The van der Waals surface area contributed by atoms with Crippen molar-refractivity contribution in [2.45, 2.75) is 6.42 Å². The van der Waals surface area contributed by atoms with Crippen molar-refractivity contribution in [2.75, 3.05) is 7.11 Å². The van der Waals surface area contributed by atoms with E-state index in [0.29, 0.717) is 17.0 Å². The summed E-state index contributed by atoms with van der Waals surface area (Å²) in [6.07, 6.45) is 2.08. The highest BCUT2D eigenvalue weighted by Gasteiger charge is 2.13. The average Bonchev–Trinajstić information content (AvgIpc) is 2.90. The molecular weight excluding hydrogens is 286 g/mol. The van der Waals surface area contributed by atoms with Gasteiger partial charge in [-0.25, -0.2) is 0 Å². The molecule has 0 fully saturated rings. The zero-order valence-corrected chi connectivity index (χ0v) is 12.3. The first kappa shape index (κ1) is 13.7. The molecule has 106 valence electrons. The van der Waals surface area contributed by atoms with Gasteiger partial charge in [-0.15, -0.1) is 0 Å². The lowest BCUT2D eigenvalue weighted by Crippen LogP contribution is -2.02. The number of rotatable bonds is 4. The average molecular weight is 300 g/mol. The van der Waals surface area contributed by atoms with E-state index in [1.807, 2.05) is 36.4 Å². The van der Waals surface area contributed by atoms with E-state index in [-0.39, 0.29) is 5.78 Å². The number of aromatic nitrogens is 1. The van der Waals surface area contributed by atoms with Gasteiger partial charge in [0.2, 0.25) is 0 Å². The maximum absolute atomic E-state index is 12.5. The van der Waals surface area contributed by atoms with Gasteiger partial charge >= 0.3 is 0 Å². The molecule has 1 N–H and O–H groups in total. The fourth-order valence-electron chi connectivity index (χ4n) is 2.39. The number of carbonyl (C=O) groups excluding carboxylic acids is 1. The van der Waals surface area contributed by atoms with Gasteiger partial charge in [0.15, 0.2) is 5.78 Å². The first-order valence-electron chi connectivity index (χ1n) is 6.60. The predicted octanol–water partition coefficient (Wildman–Crippen LogP) is 4.26. The second-order valence-corrected chi connectivity index (χ2v) is 5.28. The quantitative estimate of drug-likeness (QED) is 0.732. The highest BCUT2D eigenvalue weighted by Crippen LogP contribution is 2.23. The summed E-state index contributed by atoms with van der Waals surface area (Å²) >= 11 is 5.95. The van der Waals surface area contributed by atoms with Gasteiger partial charge in [-0.3, -0.25) is 4.79 Å². The molecule has 3 nitrogen and oxygen atoms in total. The van der Waals surface area contributed by atoms with E-state index >= 15 is 0 Å². The van der Waals surface area contributed by atoms with Gasteiger partial charge in [0.1, 0.15) is 5.75 Å². The largest absolute Gasteiger partial charge is 0.497 e. The smallest absolute Gasteiger partial charge is 0.169 e. The van der Waals surface area contributed by atoms with E-state index in [1.54, 1.807) is 19.4 Å². The lowest BCUT2D eigenvalue weighted by molar-refractivity contribution is 0.0994. The number of hydrogen-bond acceptors (Lipinski definition) is 2. The molecule has 0 aliphatic rings. The first-order valence-corrected chi connectivity index (χ1v) is 6.98. The summed E-state index contributed by atoms with van der Waals surface area (Å²) < 4.78 is 5.18. The normalized spacial score (nSPS) is 10.8. The van der Waals surface area contributed by atoms with Gasteiger partial charge in [0, 0.05) is 34.1 Å². The van der Waals surface area contributed by atoms with Crippen LogP contribution in [0, 0.1) is 0 Å². The fraction of sp³-hybridized carbons (Fsp3) is 0.118.